The van der Waals surface area contributed by atoms with Gasteiger partial charge in [-0.3, -0.25) is 0 Å². The molecule has 1 aliphatic heterocycles. The van der Waals surface area contributed by atoms with Crippen LogP contribution in [0.25, 0.3) is 10.4 Å². The van der Waals surface area contributed by atoms with Crippen LogP contribution in [0.3, 0.4) is 0 Å². The Morgan fingerprint density at radius 1 is 1.31 bits per heavy atom. The molecular weight excluding hydrogens is 412 g/mol. The average molecular weight is 455 g/mol. The maximum Gasteiger partial charge on any atom is 0.0801 e. The van der Waals surface area contributed by atoms with Gasteiger partial charge in [0.15, 0.2) is 0 Å². The van der Waals surface area contributed by atoms with E-state index in [1.165, 1.54) is 28.8 Å². The van der Waals surface area contributed by atoms with E-state index >= 15 is 0 Å². The third-order valence-corrected chi connectivity index (χ3v) is 6.60. The molecule has 0 radical (unpaired) electrons. The maximum absolute atomic E-state index is 6.20. The summed E-state index contributed by atoms with van der Waals surface area (Å²) in [5.41, 5.74) is 12.9. The minimum Gasteiger partial charge on any atom is -0.387 e. The van der Waals surface area contributed by atoms with Crippen LogP contribution < -0.4 is 11.1 Å². The normalized spacial score (nSPS) is 16.2. The fraction of sp³-hybridized carbons (Fsp3) is 0.444. The highest BCUT2D eigenvalue weighted by Crippen LogP contribution is 2.29. The molecule has 2 aromatic rings. The molecule has 1 aliphatic rings. The summed E-state index contributed by atoms with van der Waals surface area (Å²) >= 11 is 1.68. The number of hydrogen-bond acceptors (Lipinski definition) is 5. The van der Waals surface area contributed by atoms with Crippen molar-refractivity contribution in [3.05, 3.63) is 79.2 Å². The van der Waals surface area contributed by atoms with Crippen LogP contribution in [0.5, 0.6) is 0 Å². The molecule has 2 unspecified atom stereocenters. The van der Waals surface area contributed by atoms with Crippen LogP contribution in [-0.4, -0.2) is 28.5 Å². The summed E-state index contributed by atoms with van der Waals surface area (Å²) in [4.78, 5) is 7.88. The van der Waals surface area contributed by atoms with Gasteiger partial charge >= 0.3 is 0 Å². The zero-order valence-electron chi connectivity index (χ0n) is 20.7. The van der Waals surface area contributed by atoms with Crippen LogP contribution >= 0.6 is 11.3 Å². The summed E-state index contributed by atoms with van der Waals surface area (Å²) in [6, 6.07) is 9.23. The molecule has 0 saturated carbocycles. The van der Waals surface area contributed by atoms with Gasteiger partial charge in [-0.15, -0.1) is 24.5 Å². The number of aryl methyl sites for hydroxylation is 1. The highest BCUT2D eigenvalue weighted by atomic mass is 32.1. The number of benzene rings is 1. The first-order valence-electron chi connectivity index (χ1n) is 11.2. The SMILES string of the molecule is C=C.C=C(C(N)C(C)(C)C)N1CCCC1C.C=CNCc1ccc(-c2scnc2C)cc1. The van der Waals surface area contributed by atoms with Gasteiger partial charge in [0.05, 0.1) is 16.1 Å². The van der Waals surface area contributed by atoms with Gasteiger partial charge in [-0.2, -0.15) is 0 Å². The van der Waals surface area contributed by atoms with Gasteiger partial charge in [-0.05, 0) is 49.4 Å². The zero-order valence-corrected chi connectivity index (χ0v) is 21.5. The Bertz CT molecular complexity index is 828. The lowest BCUT2D eigenvalue weighted by Crippen LogP contribution is -2.43. The quantitative estimate of drug-likeness (QED) is 0.488. The number of nitrogens with two attached hydrogens (primary N) is 1. The molecule has 32 heavy (non-hydrogen) atoms. The van der Waals surface area contributed by atoms with Crippen LogP contribution in [0.2, 0.25) is 0 Å². The molecule has 3 N–H and O–H groups in total. The van der Waals surface area contributed by atoms with Crippen LogP contribution in [0.1, 0.15) is 51.8 Å². The molecule has 0 aliphatic carbocycles. The van der Waals surface area contributed by atoms with Gasteiger partial charge in [0.1, 0.15) is 0 Å². The molecule has 4 nitrogen and oxygen atoms in total. The Morgan fingerprint density at radius 3 is 2.38 bits per heavy atom. The topological polar surface area (TPSA) is 54.2 Å². The fourth-order valence-electron chi connectivity index (χ4n) is 3.58. The van der Waals surface area contributed by atoms with Gasteiger partial charge in [-0.25, -0.2) is 4.98 Å². The Balaban J connectivity index is 0.000000300. The number of rotatable bonds is 6. The van der Waals surface area contributed by atoms with Gasteiger partial charge < -0.3 is 16.0 Å². The third kappa shape index (κ3) is 7.95. The molecule has 176 valence electrons. The molecule has 2 atom stereocenters. The van der Waals surface area contributed by atoms with E-state index in [0.717, 1.165) is 24.5 Å². The molecule has 1 fully saturated rings. The lowest BCUT2D eigenvalue weighted by Gasteiger charge is -2.36. The molecule has 0 spiro atoms. The lowest BCUT2D eigenvalue weighted by atomic mass is 9.85. The Hall–Kier alpha value is -2.37. The molecule has 5 heteroatoms. The smallest absolute Gasteiger partial charge is 0.0801 e. The van der Waals surface area contributed by atoms with Crippen molar-refractivity contribution >= 4 is 11.3 Å². The second-order valence-corrected chi connectivity index (χ2v) is 9.92. The van der Waals surface area contributed by atoms with Gasteiger partial charge in [-0.1, -0.05) is 58.2 Å². The Morgan fingerprint density at radius 2 is 1.94 bits per heavy atom. The molecule has 1 aromatic heterocycles. The van der Waals surface area contributed by atoms with E-state index in [0.29, 0.717) is 6.04 Å². The molecule has 1 saturated heterocycles. The van der Waals surface area contributed by atoms with E-state index < -0.39 is 0 Å². The maximum atomic E-state index is 6.20. The summed E-state index contributed by atoms with van der Waals surface area (Å²) in [5, 5.41) is 3.08. The fourth-order valence-corrected chi connectivity index (χ4v) is 4.39. The van der Waals surface area contributed by atoms with Gasteiger partial charge in [0.25, 0.3) is 0 Å². The van der Waals surface area contributed by atoms with E-state index in [2.05, 4.69) is 93.5 Å². The van der Waals surface area contributed by atoms with Crippen molar-refractivity contribution in [2.24, 2.45) is 11.1 Å². The number of nitrogens with one attached hydrogen (secondary N) is 1. The molecule has 0 amide bonds. The van der Waals surface area contributed by atoms with E-state index in [-0.39, 0.29) is 11.5 Å². The van der Waals surface area contributed by atoms with Crippen LogP contribution in [0, 0.1) is 12.3 Å². The van der Waals surface area contributed by atoms with E-state index in [4.69, 9.17) is 5.73 Å². The number of aromatic nitrogens is 1. The predicted molar refractivity (Wildman–Crippen MR) is 143 cm³/mol. The predicted octanol–water partition coefficient (Wildman–Crippen LogP) is 6.51. The number of hydrogen-bond donors (Lipinski definition) is 2. The monoisotopic (exact) mass is 454 g/mol. The first-order chi connectivity index (χ1) is 15.1. The zero-order chi connectivity index (χ0) is 24.3. The number of nitrogens with zero attached hydrogens (tertiary/aromatic N) is 2. The first kappa shape index (κ1) is 27.7. The minimum atomic E-state index is 0.0723. The number of likely N-dealkylation sites (tertiary alicyclic amines) is 1. The van der Waals surface area contributed by atoms with Crippen molar-refractivity contribution in [3.8, 4) is 10.4 Å². The summed E-state index contributed by atoms with van der Waals surface area (Å²) in [7, 11) is 0. The first-order valence-corrected chi connectivity index (χ1v) is 12.1. The van der Waals surface area contributed by atoms with Crippen LogP contribution in [-0.2, 0) is 6.54 Å². The van der Waals surface area contributed by atoms with E-state index in [9.17, 15) is 0 Å². The average Bonchev–Trinajstić information content (AvgIpc) is 3.41. The Kier molecular flexibility index (Phi) is 11.4. The second kappa shape index (κ2) is 13.2. The molecule has 0 bridgehead atoms. The third-order valence-electron chi connectivity index (χ3n) is 5.63. The lowest BCUT2D eigenvalue weighted by molar-refractivity contribution is 0.256. The van der Waals surface area contributed by atoms with Crippen molar-refractivity contribution in [3.63, 3.8) is 0 Å². The molecule has 1 aromatic carbocycles. The summed E-state index contributed by atoms with van der Waals surface area (Å²) in [5.74, 6) is 0. The Labute approximate surface area is 200 Å². The van der Waals surface area contributed by atoms with Crippen LogP contribution in [0.4, 0.5) is 0 Å². The van der Waals surface area contributed by atoms with Crippen LogP contribution in [0.15, 0.2) is 68.0 Å². The van der Waals surface area contributed by atoms with Crippen molar-refractivity contribution in [1.82, 2.24) is 15.2 Å². The van der Waals surface area contributed by atoms with Crippen molar-refractivity contribution < 1.29 is 0 Å². The second-order valence-electron chi connectivity index (χ2n) is 9.07. The van der Waals surface area contributed by atoms with Crippen molar-refractivity contribution in [2.45, 2.75) is 66.1 Å². The summed E-state index contributed by atoms with van der Waals surface area (Å²) in [6.45, 7) is 26.5. The van der Waals surface area contributed by atoms with Gasteiger partial charge in [0, 0.05) is 30.9 Å². The van der Waals surface area contributed by atoms with Crippen molar-refractivity contribution in [1.29, 1.82) is 0 Å². The minimum absolute atomic E-state index is 0.0723. The molecular formula is C27H42N4S. The summed E-state index contributed by atoms with van der Waals surface area (Å²) < 4.78 is 0. The largest absolute Gasteiger partial charge is 0.387 e. The number of thiazole rings is 1. The standard InChI is InChI=1S/C13H14N2S.C12H24N2.C2H4/c1-3-14-8-11-4-6-12(7-5-11)13-10(2)15-9-16-13;1-9-7-6-8-14(9)10(2)11(13)12(3,4)5;1-2/h3-7,9,14H,1,8H2,2H3;9,11H,2,6-8,13H2,1,3-5H3;1-2H2. The molecule has 3 rings (SSSR count). The molecule has 2 heterocycles. The highest BCUT2D eigenvalue weighted by Gasteiger charge is 2.30. The summed E-state index contributed by atoms with van der Waals surface area (Å²) in [6.07, 6.45) is 4.26. The van der Waals surface area contributed by atoms with E-state index in [1.807, 2.05) is 12.4 Å². The van der Waals surface area contributed by atoms with E-state index in [1.54, 1.807) is 17.5 Å². The highest BCUT2D eigenvalue weighted by molar-refractivity contribution is 7.13. The van der Waals surface area contributed by atoms with Crippen molar-refractivity contribution in [2.75, 3.05) is 6.54 Å². The van der Waals surface area contributed by atoms with Gasteiger partial charge in [0.2, 0.25) is 0 Å².